The number of halogens is 1. The Morgan fingerprint density at radius 1 is 1.24 bits per heavy atom. The van der Waals surface area contributed by atoms with Crippen molar-refractivity contribution >= 4 is 33.2 Å². The minimum Gasteiger partial charge on any atom is -0.337 e. The van der Waals surface area contributed by atoms with Crippen LogP contribution >= 0.6 is 11.6 Å². The molecule has 2 aromatic rings. The number of carbonyl (C=O) groups is 1. The third kappa shape index (κ3) is 4.31. The van der Waals surface area contributed by atoms with E-state index in [4.69, 9.17) is 16.1 Å². The first-order chi connectivity index (χ1) is 13.8. The number of amides is 1. The first kappa shape index (κ1) is 20.3. The molecule has 156 valence electrons. The summed E-state index contributed by atoms with van der Waals surface area (Å²) < 4.78 is 34.7. The summed E-state index contributed by atoms with van der Waals surface area (Å²) in [7, 11) is -3.90. The zero-order valence-electron chi connectivity index (χ0n) is 16.1. The van der Waals surface area contributed by atoms with E-state index in [9.17, 15) is 13.2 Å². The smallest absolute Gasteiger partial charge is 0.247 e. The summed E-state index contributed by atoms with van der Waals surface area (Å²) in [4.78, 5) is 15.8. The second-order valence-electron chi connectivity index (χ2n) is 7.80. The first-order valence-corrected chi connectivity index (χ1v) is 11.6. The average molecular weight is 439 g/mol. The van der Waals surface area contributed by atoms with E-state index in [2.05, 4.69) is 20.2 Å². The van der Waals surface area contributed by atoms with E-state index in [-0.39, 0.29) is 15.8 Å². The van der Waals surface area contributed by atoms with Gasteiger partial charge in [0.05, 0.1) is 15.6 Å². The van der Waals surface area contributed by atoms with Gasteiger partial charge in [0.25, 0.3) is 0 Å². The minimum atomic E-state index is -3.90. The van der Waals surface area contributed by atoms with Gasteiger partial charge in [0.15, 0.2) is 5.82 Å². The number of benzene rings is 1. The van der Waals surface area contributed by atoms with Crippen LogP contribution in [0.25, 0.3) is 0 Å². The molecule has 10 heteroatoms. The Bertz CT molecular complexity index is 1030. The SMILES string of the molecule is CC(=O)Nc1ccc(S(=O)(=O)NC2(c3nc(C4CC4)no3)CCCCC2)cc1Cl. The summed E-state index contributed by atoms with van der Waals surface area (Å²) in [5.41, 5.74) is -0.559. The number of carbonyl (C=O) groups excluding carboxylic acids is 1. The number of hydrogen-bond acceptors (Lipinski definition) is 6. The molecular formula is C19H23ClN4O4S. The summed E-state index contributed by atoms with van der Waals surface area (Å²) in [6, 6.07) is 4.22. The van der Waals surface area contributed by atoms with Crippen LogP contribution in [0.2, 0.25) is 5.02 Å². The van der Waals surface area contributed by atoms with Gasteiger partial charge in [0.2, 0.25) is 21.8 Å². The van der Waals surface area contributed by atoms with Crippen LogP contribution < -0.4 is 10.0 Å². The molecule has 0 atom stereocenters. The average Bonchev–Trinajstić information content (AvgIpc) is 3.39. The predicted octanol–water partition coefficient (Wildman–Crippen LogP) is 3.70. The molecule has 1 aromatic heterocycles. The van der Waals surface area contributed by atoms with E-state index in [0.29, 0.717) is 36.2 Å². The highest BCUT2D eigenvalue weighted by atomic mass is 35.5. The number of hydrogen-bond donors (Lipinski definition) is 2. The molecule has 0 radical (unpaired) electrons. The minimum absolute atomic E-state index is 0.0171. The van der Waals surface area contributed by atoms with Crippen LogP contribution in [0.1, 0.15) is 69.5 Å². The van der Waals surface area contributed by atoms with Crippen molar-refractivity contribution in [2.24, 2.45) is 0 Å². The van der Waals surface area contributed by atoms with Crippen LogP contribution in [0.3, 0.4) is 0 Å². The van der Waals surface area contributed by atoms with Crippen molar-refractivity contribution in [1.29, 1.82) is 0 Å². The summed E-state index contributed by atoms with van der Waals surface area (Å²) >= 11 is 6.17. The molecule has 0 aliphatic heterocycles. The van der Waals surface area contributed by atoms with Gasteiger partial charge in [-0.05, 0) is 43.9 Å². The molecule has 2 saturated carbocycles. The second kappa shape index (κ2) is 7.70. The number of anilines is 1. The van der Waals surface area contributed by atoms with Gasteiger partial charge in [0.1, 0.15) is 5.54 Å². The molecule has 4 rings (SSSR count). The van der Waals surface area contributed by atoms with Gasteiger partial charge in [-0.3, -0.25) is 4.79 Å². The number of nitrogens with zero attached hydrogens (tertiary/aromatic N) is 2. The number of aromatic nitrogens is 2. The molecule has 2 N–H and O–H groups in total. The zero-order valence-corrected chi connectivity index (χ0v) is 17.6. The van der Waals surface area contributed by atoms with Crippen LogP contribution in [0, 0.1) is 0 Å². The van der Waals surface area contributed by atoms with Crippen LogP contribution in [0.5, 0.6) is 0 Å². The van der Waals surface area contributed by atoms with Crippen molar-refractivity contribution in [2.75, 3.05) is 5.32 Å². The van der Waals surface area contributed by atoms with Gasteiger partial charge in [0, 0.05) is 12.8 Å². The number of nitrogens with one attached hydrogen (secondary N) is 2. The van der Waals surface area contributed by atoms with Crippen molar-refractivity contribution in [1.82, 2.24) is 14.9 Å². The van der Waals surface area contributed by atoms with Crippen molar-refractivity contribution in [3.63, 3.8) is 0 Å². The lowest BCUT2D eigenvalue weighted by atomic mass is 9.82. The number of rotatable bonds is 6. The van der Waals surface area contributed by atoms with Crippen molar-refractivity contribution in [2.45, 2.75) is 68.2 Å². The summed E-state index contributed by atoms with van der Waals surface area (Å²) in [6.07, 6.45) is 6.03. The maximum atomic E-state index is 13.2. The lowest BCUT2D eigenvalue weighted by molar-refractivity contribution is -0.114. The number of sulfonamides is 1. The monoisotopic (exact) mass is 438 g/mol. The van der Waals surface area contributed by atoms with Crippen molar-refractivity contribution in [3.8, 4) is 0 Å². The topological polar surface area (TPSA) is 114 Å². The Kier molecular flexibility index (Phi) is 5.39. The van der Waals surface area contributed by atoms with Gasteiger partial charge in [-0.25, -0.2) is 8.42 Å². The van der Waals surface area contributed by atoms with Gasteiger partial charge < -0.3 is 9.84 Å². The van der Waals surface area contributed by atoms with Crippen LogP contribution in [-0.4, -0.2) is 24.5 Å². The normalized spacial score (nSPS) is 19.1. The molecule has 2 fully saturated rings. The van der Waals surface area contributed by atoms with Crippen molar-refractivity contribution < 1.29 is 17.7 Å². The maximum Gasteiger partial charge on any atom is 0.247 e. The fourth-order valence-corrected chi connectivity index (χ4v) is 5.46. The molecule has 1 amide bonds. The predicted molar refractivity (Wildman–Crippen MR) is 107 cm³/mol. The fraction of sp³-hybridized carbons (Fsp3) is 0.526. The zero-order chi connectivity index (χ0) is 20.6. The Morgan fingerprint density at radius 3 is 2.59 bits per heavy atom. The van der Waals surface area contributed by atoms with Crippen LogP contribution in [0.4, 0.5) is 5.69 Å². The molecule has 0 saturated heterocycles. The maximum absolute atomic E-state index is 13.2. The molecule has 1 heterocycles. The highest BCUT2D eigenvalue weighted by Gasteiger charge is 2.44. The Morgan fingerprint density at radius 2 is 1.97 bits per heavy atom. The van der Waals surface area contributed by atoms with Crippen LogP contribution in [-0.2, 0) is 20.4 Å². The second-order valence-corrected chi connectivity index (χ2v) is 9.89. The third-order valence-electron chi connectivity index (χ3n) is 5.39. The van der Waals surface area contributed by atoms with E-state index < -0.39 is 15.6 Å². The molecule has 0 unspecified atom stereocenters. The fourth-order valence-electron chi connectivity index (χ4n) is 3.72. The molecule has 0 bridgehead atoms. The first-order valence-electron chi connectivity index (χ1n) is 9.74. The highest BCUT2D eigenvalue weighted by molar-refractivity contribution is 7.89. The lowest BCUT2D eigenvalue weighted by Crippen LogP contribution is -2.47. The van der Waals surface area contributed by atoms with Gasteiger partial charge >= 0.3 is 0 Å². The molecule has 29 heavy (non-hydrogen) atoms. The Balaban J connectivity index is 1.64. The molecule has 2 aliphatic carbocycles. The largest absolute Gasteiger partial charge is 0.337 e. The molecule has 1 aromatic carbocycles. The quantitative estimate of drug-likeness (QED) is 0.710. The van der Waals surface area contributed by atoms with E-state index in [1.165, 1.54) is 25.1 Å². The lowest BCUT2D eigenvalue weighted by Gasteiger charge is -2.34. The van der Waals surface area contributed by atoms with E-state index >= 15 is 0 Å². The van der Waals surface area contributed by atoms with Crippen molar-refractivity contribution in [3.05, 3.63) is 34.9 Å². The third-order valence-corrected chi connectivity index (χ3v) is 7.24. The molecule has 0 spiro atoms. The van der Waals surface area contributed by atoms with Crippen LogP contribution in [0.15, 0.2) is 27.6 Å². The molecule has 2 aliphatic rings. The van der Waals surface area contributed by atoms with Gasteiger partial charge in [-0.15, -0.1) is 0 Å². The van der Waals surface area contributed by atoms with E-state index in [1.54, 1.807) is 0 Å². The summed E-state index contributed by atoms with van der Waals surface area (Å²) in [6.45, 7) is 1.36. The Hall–Kier alpha value is -1.97. The standard InChI is InChI=1S/C19H23ClN4O4S/c1-12(25)21-16-8-7-14(11-15(16)20)29(26,27)24-19(9-3-2-4-10-19)18-22-17(23-28-18)13-5-6-13/h7-8,11,13,24H,2-6,9-10H2,1H3,(H,21,25). The Labute approximate surface area is 174 Å². The highest BCUT2D eigenvalue weighted by Crippen LogP contribution is 2.42. The van der Waals surface area contributed by atoms with Gasteiger partial charge in [-0.2, -0.15) is 9.71 Å². The van der Waals surface area contributed by atoms with Gasteiger partial charge in [-0.1, -0.05) is 36.0 Å². The summed E-state index contributed by atoms with van der Waals surface area (Å²) in [5.74, 6) is 1.03. The molecule has 8 nitrogen and oxygen atoms in total. The van der Waals surface area contributed by atoms with E-state index in [1.807, 2.05) is 0 Å². The van der Waals surface area contributed by atoms with E-state index in [0.717, 1.165) is 32.1 Å². The molecular weight excluding hydrogens is 416 g/mol. The summed E-state index contributed by atoms with van der Waals surface area (Å²) in [5, 5.41) is 6.79.